The lowest BCUT2D eigenvalue weighted by atomic mass is 9.98. The third-order valence-corrected chi connectivity index (χ3v) is 7.74. The van der Waals surface area contributed by atoms with Gasteiger partial charge in [0.25, 0.3) is 0 Å². The van der Waals surface area contributed by atoms with Crippen molar-refractivity contribution in [3.05, 3.63) is 140 Å². The molecular formula is C36H24N2. The first-order valence-electron chi connectivity index (χ1n) is 13.0. The summed E-state index contributed by atoms with van der Waals surface area (Å²) in [4.78, 5) is 3.76. The van der Waals surface area contributed by atoms with Gasteiger partial charge in [-0.05, 0) is 41.0 Å². The molecule has 0 atom stereocenters. The summed E-state index contributed by atoms with van der Waals surface area (Å²) in [5, 5.41) is 5.02. The Morgan fingerprint density at radius 2 is 1.13 bits per heavy atom. The zero-order chi connectivity index (χ0) is 25.1. The van der Waals surface area contributed by atoms with E-state index in [1.165, 1.54) is 66.0 Å². The van der Waals surface area contributed by atoms with E-state index in [0.717, 1.165) is 5.52 Å². The number of para-hydroxylation sites is 3. The van der Waals surface area contributed by atoms with Crippen LogP contribution in [0, 0.1) is 0 Å². The second-order valence-corrected chi connectivity index (χ2v) is 9.87. The highest BCUT2D eigenvalue weighted by Gasteiger charge is 2.19. The van der Waals surface area contributed by atoms with Crippen molar-refractivity contribution in [1.29, 1.82) is 0 Å². The number of hydrogen-bond donors (Lipinski definition) is 1. The summed E-state index contributed by atoms with van der Waals surface area (Å²) in [5.74, 6) is 0. The van der Waals surface area contributed by atoms with Crippen LogP contribution in [0.1, 0.15) is 0 Å². The van der Waals surface area contributed by atoms with E-state index in [2.05, 4.69) is 149 Å². The summed E-state index contributed by atoms with van der Waals surface area (Å²) in [6.07, 6.45) is 0. The molecule has 2 heterocycles. The Morgan fingerprint density at radius 1 is 0.447 bits per heavy atom. The number of nitrogens with one attached hydrogen (secondary N) is 1. The number of benzene rings is 6. The molecule has 0 saturated heterocycles. The largest absolute Gasteiger partial charge is 0.353 e. The van der Waals surface area contributed by atoms with Crippen LogP contribution in [0.2, 0.25) is 0 Å². The van der Waals surface area contributed by atoms with Crippen LogP contribution in [0.25, 0.3) is 71.6 Å². The Kier molecular flexibility index (Phi) is 4.55. The highest BCUT2D eigenvalue weighted by Crippen LogP contribution is 2.41. The molecule has 38 heavy (non-hydrogen) atoms. The number of H-pyrrole nitrogens is 1. The molecule has 0 radical (unpaired) electrons. The lowest BCUT2D eigenvalue weighted by Crippen LogP contribution is -1.97. The highest BCUT2D eigenvalue weighted by atomic mass is 15.0. The third kappa shape index (κ3) is 3.07. The predicted molar refractivity (Wildman–Crippen MR) is 161 cm³/mol. The Bertz CT molecular complexity index is 2130. The van der Waals surface area contributed by atoms with Crippen LogP contribution in [0.15, 0.2) is 140 Å². The molecule has 178 valence electrons. The molecule has 8 aromatic rings. The Balaban J connectivity index is 1.47. The van der Waals surface area contributed by atoms with Crippen LogP contribution in [0.4, 0.5) is 0 Å². The zero-order valence-corrected chi connectivity index (χ0v) is 20.7. The minimum absolute atomic E-state index is 1.16. The monoisotopic (exact) mass is 484 g/mol. The summed E-state index contributed by atoms with van der Waals surface area (Å²) in [7, 11) is 0. The molecule has 8 rings (SSSR count). The maximum atomic E-state index is 3.76. The van der Waals surface area contributed by atoms with Gasteiger partial charge in [-0.15, -0.1) is 0 Å². The lowest BCUT2D eigenvalue weighted by molar-refractivity contribution is 1.18. The standard InChI is InChI=1S/C36H24N2/c1-2-11-24(12-3-1)25-13-10-14-26(23-25)27-15-5-8-19-33(27)38-34-20-9-6-17-29(34)31-22-21-30-28-16-4-7-18-32(28)37-35(30)36(31)38/h1-23,37H. The molecule has 1 N–H and O–H groups in total. The van der Waals surface area contributed by atoms with Crippen molar-refractivity contribution in [2.75, 3.05) is 0 Å². The zero-order valence-electron chi connectivity index (χ0n) is 20.7. The van der Waals surface area contributed by atoms with Gasteiger partial charge in [-0.1, -0.05) is 115 Å². The first kappa shape index (κ1) is 21.0. The van der Waals surface area contributed by atoms with E-state index in [4.69, 9.17) is 0 Å². The summed E-state index contributed by atoms with van der Waals surface area (Å²) < 4.78 is 2.45. The van der Waals surface area contributed by atoms with Gasteiger partial charge in [0, 0.05) is 32.6 Å². The highest BCUT2D eigenvalue weighted by molar-refractivity contribution is 6.22. The van der Waals surface area contributed by atoms with E-state index >= 15 is 0 Å². The topological polar surface area (TPSA) is 20.7 Å². The van der Waals surface area contributed by atoms with Crippen LogP contribution < -0.4 is 0 Å². The molecule has 2 nitrogen and oxygen atoms in total. The van der Waals surface area contributed by atoms with Crippen LogP contribution in [-0.4, -0.2) is 9.55 Å². The van der Waals surface area contributed by atoms with E-state index in [-0.39, 0.29) is 0 Å². The van der Waals surface area contributed by atoms with Gasteiger partial charge < -0.3 is 9.55 Å². The van der Waals surface area contributed by atoms with E-state index in [1.807, 2.05) is 0 Å². The van der Waals surface area contributed by atoms with Gasteiger partial charge in [0.1, 0.15) is 0 Å². The van der Waals surface area contributed by atoms with Gasteiger partial charge in [0.15, 0.2) is 0 Å². The fourth-order valence-corrected chi connectivity index (χ4v) is 6.03. The van der Waals surface area contributed by atoms with Crippen molar-refractivity contribution in [3.8, 4) is 27.9 Å². The van der Waals surface area contributed by atoms with Crippen molar-refractivity contribution in [2.45, 2.75) is 0 Å². The summed E-state index contributed by atoms with van der Waals surface area (Å²) in [6.45, 7) is 0. The van der Waals surface area contributed by atoms with Gasteiger partial charge in [0.05, 0.1) is 22.2 Å². The fraction of sp³-hybridized carbons (Fsp3) is 0. The SMILES string of the molecule is c1ccc(-c2cccc(-c3ccccc3-n3c4ccccc4c4ccc5c6ccccc6[nH]c5c43)c2)cc1. The summed E-state index contributed by atoms with van der Waals surface area (Å²) in [6, 6.07) is 50.1. The number of fused-ring (bicyclic) bond motifs is 7. The van der Waals surface area contributed by atoms with E-state index in [9.17, 15) is 0 Å². The average Bonchev–Trinajstić information content (AvgIpc) is 3.54. The lowest BCUT2D eigenvalue weighted by Gasteiger charge is -2.15. The average molecular weight is 485 g/mol. The molecule has 0 amide bonds. The van der Waals surface area contributed by atoms with Crippen molar-refractivity contribution < 1.29 is 0 Å². The molecule has 2 aromatic heterocycles. The van der Waals surface area contributed by atoms with Crippen LogP contribution >= 0.6 is 0 Å². The number of aromatic amines is 1. The van der Waals surface area contributed by atoms with Gasteiger partial charge >= 0.3 is 0 Å². The van der Waals surface area contributed by atoms with Gasteiger partial charge in [-0.3, -0.25) is 0 Å². The molecule has 0 fully saturated rings. The van der Waals surface area contributed by atoms with E-state index in [1.54, 1.807) is 0 Å². The third-order valence-electron chi connectivity index (χ3n) is 7.74. The second kappa shape index (κ2) is 8.22. The number of hydrogen-bond acceptors (Lipinski definition) is 0. The maximum Gasteiger partial charge on any atom is 0.0783 e. The van der Waals surface area contributed by atoms with E-state index in [0.29, 0.717) is 0 Å². The molecule has 0 aliphatic heterocycles. The molecule has 0 spiro atoms. The Hall–Kier alpha value is -5.08. The molecule has 0 bridgehead atoms. The van der Waals surface area contributed by atoms with Crippen molar-refractivity contribution in [1.82, 2.24) is 9.55 Å². The normalized spacial score (nSPS) is 11.7. The van der Waals surface area contributed by atoms with E-state index < -0.39 is 0 Å². The molecule has 0 aliphatic rings. The summed E-state index contributed by atoms with van der Waals surface area (Å²) >= 11 is 0. The van der Waals surface area contributed by atoms with Crippen molar-refractivity contribution in [2.24, 2.45) is 0 Å². The molecular weight excluding hydrogens is 460 g/mol. The smallest absolute Gasteiger partial charge is 0.0783 e. The first-order chi connectivity index (χ1) is 18.9. The first-order valence-corrected chi connectivity index (χ1v) is 13.0. The molecule has 0 aliphatic carbocycles. The Labute approximate surface area is 220 Å². The van der Waals surface area contributed by atoms with Crippen LogP contribution in [0.3, 0.4) is 0 Å². The number of rotatable bonds is 3. The van der Waals surface area contributed by atoms with Gasteiger partial charge in [-0.2, -0.15) is 0 Å². The molecule has 2 heteroatoms. The minimum atomic E-state index is 1.16. The minimum Gasteiger partial charge on any atom is -0.353 e. The fourth-order valence-electron chi connectivity index (χ4n) is 6.03. The van der Waals surface area contributed by atoms with Gasteiger partial charge in [0.2, 0.25) is 0 Å². The van der Waals surface area contributed by atoms with Gasteiger partial charge in [-0.25, -0.2) is 0 Å². The van der Waals surface area contributed by atoms with Crippen LogP contribution in [0.5, 0.6) is 0 Å². The number of aromatic nitrogens is 2. The molecule has 0 saturated carbocycles. The van der Waals surface area contributed by atoms with Crippen molar-refractivity contribution >= 4 is 43.6 Å². The summed E-state index contributed by atoms with van der Waals surface area (Å²) in [5.41, 5.74) is 10.8. The number of nitrogens with zero attached hydrogens (tertiary/aromatic N) is 1. The quantitative estimate of drug-likeness (QED) is 0.258. The molecule has 0 unspecified atom stereocenters. The predicted octanol–water partition coefficient (Wildman–Crippen LogP) is 9.75. The second-order valence-electron chi connectivity index (χ2n) is 9.87. The maximum absolute atomic E-state index is 3.76. The van der Waals surface area contributed by atoms with Crippen molar-refractivity contribution in [3.63, 3.8) is 0 Å². The van der Waals surface area contributed by atoms with Crippen LogP contribution in [-0.2, 0) is 0 Å². The molecule has 6 aromatic carbocycles. The Morgan fingerprint density at radius 3 is 2.05 bits per heavy atom.